The number of hydrogen-bond acceptors (Lipinski definition) is 4. The monoisotopic (exact) mass is 269 g/mol. The van der Waals surface area contributed by atoms with Gasteiger partial charge in [-0.3, -0.25) is 4.79 Å². The predicted molar refractivity (Wildman–Crippen MR) is 67.2 cm³/mol. The van der Waals surface area contributed by atoms with E-state index in [0.717, 1.165) is 30.8 Å². The van der Waals surface area contributed by atoms with E-state index in [0.29, 0.717) is 11.5 Å². The molecule has 0 spiro atoms. The second kappa shape index (κ2) is 5.07. The first-order valence-corrected chi connectivity index (χ1v) is 6.55. The average molecular weight is 269 g/mol. The molecular weight excluding hydrogens is 254 g/mol. The molecule has 0 aliphatic carbocycles. The molecule has 1 atom stereocenters. The Balaban J connectivity index is 2.04. The molecule has 2 rings (SSSR count). The molecule has 5 nitrogen and oxygen atoms in total. The standard InChI is InChI=1S/C12H15NO4S/c1-12(5-2-6-17-7-12)13-10(14)8-3-4-9(18-8)11(15)16/h3-4H,2,5-7H2,1H3,(H,13,14)(H,15,16). The molecule has 6 heteroatoms. The van der Waals surface area contributed by atoms with E-state index in [1.807, 2.05) is 6.92 Å². The molecule has 0 saturated carbocycles. The maximum absolute atomic E-state index is 12.0. The summed E-state index contributed by atoms with van der Waals surface area (Å²) in [5, 5.41) is 11.7. The van der Waals surface area contributed by atoms with Crippen molar-refractivity contribution in [1.82, 2.24) is 5.32 Å². The zero-order valence-corrected chi connectivity index (χ0v) is 10.9. The van der Waals surface area contributed by atoms with E-state index < -0.39 is 5.97 Å². The topological polar surface area (TPSA) is 75.6 Å². The summed E-state index contributed by atoms with van der Waals surface area (Å²) in [6.45, 7) is 3.17. The fraction of sp³-hybridized carbons (Fsp3) is 0.500. The summed E-state index contributed by atoms with van der Waals surface area (Å²) in [6, 6.07) is 2.98. The number of thiophene rings is 1. The quantitative estimate of drug-likeness (QED) is 0.876. The maximum atomic E-state index is 12.0. The van der Waals surface area contributed by atoms with Crippen molar-refractivity contribution in [3.63, 3.8) is 0 Å². The summed E-state index contributed by atoms with van der Waals surface area (Å²) in [4.78, 5) is 23.3. The molecule has 1 aromatic heterocycles. The van der Waals surface area contributed by atoms with Crippen LogP contribution in [0, 0.1) is 0 Å². The van der Waals surface area contributed by atoms with Crippen molar-refractivity contribution in [2.75, 3.05) is 13.2 Å². The van der Waals surface area contributed by atoms with E-state index >= 15 is 0 Å². The van der Waals surface area contributed by atoms with Gasteiger partial charge in [-0.1, -0.05) is 0 Å². The summed E-state index contributed by atoms with van der Waals surface area (Å²) >= 11 is 0.984. The minimum atomic E-state index is -1.01. The van der Waals surface area contributed by atoms with Crippen molar-refractivity contribution < 1.29 is 19.4 Å². The van der Waals surface area contributed by atoms with Gasteiger partial charge in [0.1, 0.15) is 4.88 Å². The predicted octanol–water partition coefficient (Wildman–Crippen LogP) is 1.75. The van der Waals surface area contributed by atoms with Crippen LogP contribution >= 0.6 is 11.3 Å². The highest BCUT2D eigenvalue weighted by Gasteiger charge is 2.30. The Hall–Kier alpha value is -1.40. The summed E-state index contributed by atoms with van der Waals surface area (Å²) in [5.74, 6) is -1.24. The van der Waals surface area contributed by atoms with Gasteiger partial charge in [0, 0.05) is 6.61 Å². The first kappa shape index (κ1) is 13.0. The lowest BCUT2D eigenvalue weighted by Gasteiger charge is -2.34. The van der Waals surface area contributed by atoms with E-state index in [1.54, 1.807) is 0 Å². The molecule has 1 saturated heterocycles. The number of hydrogen-bond donors (Lipinski definition) is 2. The Bertz CT molecular complexity index is 462. The van der Waals surface area contributed by atoms with E-state index in [9.17, 15) is 9.59 Å². The first-order chi connectivity index (χ1) is 8.50. The normalized spacial score (nSPS) is 23.6. The minimum absolute atomic E-state index is 0.171. The number of carbonyl (C=O) groups excluding carboxylic acids is 1. The van der Waals surface area contributed by atoms with Crippen molar-refractivity contribution in [2.45, 2.75) is 25.3 Å². The fourth-order valence-electron chi connectivity index (χ4n) is 1.94. The molecule has 1 aromatic rings. The Kier molecular flexibility index (Phi) is 3.68. The highest BCUT2D eigenvalue weighted by molar-refractivity contribution is 7.15. The highest BCUT2D eigenvalue weighted by atomic mass is 32.1. The largest absolute Gasteiger partial charge is 0.477 e. The van der Waals surface area contributed by atoms with Gasteiger partial charge >= 0.3 is 5.97 Å². The summed E-state index contributed by atoms with van der Waals surface area (Å²) in [7, 11) is 0. The number of amides is 1. The number of nitrogens with one attached hydrogen (secondary N) is 1. The van der Waals surface area contributed by atoms with Crippen molar-refractivity contribution in [3.8, 4) is 0 Å². The van der Waals surface area contributed by atoms with Crippen LogP contribution in [0.25, 0.3) is 0 Å². The van der Waals surface area contributed by atoms with E-state index in [4.69, 9.17) is 9.84 Å². The third kappa shape index (κ3) is 2.88. The van der Waals surface area contributed by atoms with Crippen molar-refractivity contribution in [3.05, 3.63) is 21.9 Å². The van der Waals surface area contributed by atoms with Gasteiger partial charge < -0.3 is 15.2 Å². The highest BCUT2D eigenvalue weighted by Crippen LogP contribution is 2.21. The van der Waals surface area contributed by atoms with Crippen molar-refractivity contribution >= 4 is 23.2 Å². The smallest absolute Gasteiger partial charge is 0.345 e. The second-order valence-electron chi connectivity index (χ2n) is 4.64. The van der Waals surface area contributed by atoms with Crippen LogP contribution in [0.3, 0.4) is 0 Å². The van der Waals surface area contributed by atoms with Gasteiger partial charge in [-0.25, -0.2) is 4.79 Å². The van der Waals surface area contributed by atoms with E-state index in [-0.39, 0.29) is 16.3 Å². The van der Waals surface area contributed by atoms with Crippen molar-refractivity contribution in [2.24, 2.45) is 0 Å². The molecule has 1 aliphatic heterocycles. The van der Waals surface area contributed by atoms with Crippen LogP contribution in [0.4, 0.5) is 0 Å². The van der Waals surface area contributed by atoms with Crippen LogP contribution < -0.4 is 5.32 Å². The molecule has 1 fully saturated rings. The molecule has 1 unspecified atom stereocenters. The molecular formula is C12H15NO4S. The third-order valence-corrected chi connectivity index (χ3v) is 3.97. The van der Waals surface area contributed by atoms with Gasteiger partial charge in [0.05, 0.1) is 17.0 Å². The molecule has 0 radical (unpaired) electrons. The van der Waals surface area contributed by atoms with Gasteiger partial charge in [0.25, 0.3) is 5.91 Å². The third-order valence-electron chi connectivity index (χ3n) is 2.89. The SMILES string of the molecule is CC1(NC(=O)c2ccc(C(=O)O)s2)CCCOC1. The Morgan fingerprint density at radius 3 is 2.72 bits per heavy atom. The Morgan fingerprint density at radius 2 is 2.17 bits per heavy atom. The number of carboxylic acid groups (broad SMARTS) is 1. The fourth-order valence-corrected chi connectivity index (χ4v) is 2.68. The Morgan fingerprint density at radius 1 is 1.44 bits per heavy atom. The van der Waals surface area contributed by atoms with Gasteiger partial charge in [0.15, 0.2) is 0 Å². The summed E-state index contributed by atoms with van der Waals surface area (Å²) in [6.07, 6.45) is 1.79. The molecule has 2 heterocycles. The average Bonchev–Trinajstić information content (AvgIpc) is 2.78. The van der Waals surface area contributed by atoms with E-state index in [1.165, 1.54) is 12.1 Å². The number of ether oxygens (including phenoxy) is 1. The second-order valence-corrected chi connectivity index (χ2v) is 5.72. The molecule has 18 heavy (non-hydrogen) atoms. The molecule has 1 amide bonds. The molecule has 98 valence electrons. The van der Waals surface area contributed by atoms with Crippen LogP contribution in [0.15, 0.2) is 12.1 Å². The van der Waals surface area contributed by atoms with Crippen LogP contribution in [-0.2, 0) is 4.74 Å². The molecule has 0 bridgehead atoms. The van der Waals surface area contributed by atoms with Crippen LogP contribution in [0.1, 0.15) is 39.1 Å². The summed E-state index contributed by atoms with van der Waals surface area (Å²) in [5.41, 5.74) is -0.358. The van der Waals surface area contributed by atoms with Gasteiger partial charge in [-0.15, -0.1) is 11.3 Å². The maximum Gasteiger partial charge on any atom is 0.345 e. The van der Waals surface area contributed by atoms with Gasteiger partial charge in [-0.05, 0) is 31.9 Å². The lowest BCUT2D eigenvalue weighted by molar-refractivity contribution is 0.0274. The van der Waals surface area contributed by atoms with E-state index in [2.05, 4.69) is 5.32 Å². The van der Waals surface area contributed by atoms with Crippen LogP contribution in [-0.4, -0.2) is 35.7 Å². The number of carboxylic acids is 1. The molecule has 2 N–H and O–H groups in total. The zero-order valence-electron chi connectivity index (χ0n) is 10.1. The van der Waals surface area contributed by atoms with Gasteiger partial charge in [0.2, 0.25) is 0 Å². The number of rotatable bonds is 3. The van der Waals surface area contributed by atoms with Crippen LogP contribution in [0.2, 0.25) is 0 Å². The Labute approximate surface area is 109 Å². The lowest BCUT2D eigenvalue weighted by Crippen LogP contribution is -2.51. The molecule has 1 aliphatic rings. The number of aromatic carboxylic acids is 1. The lowest BCUT2D eigenvalue weighted by atomic mass is 9.95. The minimum Gasteiger partial charge on any atom is -0.477 e. The zero-order chi connectivity index (χ0) is 13.2. The molecule has 0 aromatic carbocycles. The number of carbonyl (C=O) groups is 2. The van der Waals surface area contributed by atoms with Gasteiger partial charge in [-0.2, -0.15) is 0 Å². The van der Waals surface area contributed by atoms with Crippen molar-refractivity contribution in [1.29, 1.82) is 0 Å². The van der Waals surface area contributed by atoms with Crippen LogP contribution in [0.5, 0.6) is 0 Å². The summed E-state index contributed by atoms with van der Waals surface area (Å²) < 4.78 is 5.36. The first-order valence-electron chi connectivity index (χ1n) is 5.74.